The van der Waals surface area contributed by atoms with Crippen LogP contribution in [0.5, 0.6) is 0 Å². The molecule has 0 atom stereocenters. The Kier molecular flexibility index (Phi) is 8.13. The fraction of sp³-hybridized carbons (Fsp3) is 0.467. The van der Waals surface area contributed by atoms with E-state index in [1.54, 1.807) is 0 Å². The van der Waals surface area contributed by atoms with Crippen LogP contribution < -0.4 is 5.32 Å². The molecule has 0 aliphatic rings. The standard InChI is InChI=1S/C15H24N2O/c1-17(2)12-10-16-11-14-18-13-6-9-15-7-4-3-5-8-15/h3-9,16H,10-14H2,1-2H3. The van der Waals surface area contributed by atoms with Gasteiger partial charge in [0.15, 0.2) is 0 Å². The first-order valence-electron chi connectivity index (χ1n) is 6.44. The highest BCUT2D eigenvalue weighted by Gasteiger charge is 1.90. The number of rotatable bonds is 9. The Morgan fingerprint density at radius 1 is 1.17 bits per heavy atom. The third kappa shape index (κ3) is 8.01. The van der Waals surface area contributed by atoms with E-state index in [2.05, 4.69) is 48.6 Å². The normalized spacial score (nSPS) is 11.5. The van der Waals surface area contributed by atoms with Crippen molar-refractivity contribution < 1.29 is 4.74 Å². The minimum atomic E-state index is 0.671. The maximum absolute atomic E-state index is 5.50. The van der Waals surface area contributed by atoms with Crippen molar-refractivity contribution in [3.05, 3.63) is 42.0 Å². The summed E-state index contributed by atoms with van der Waals surface area (Å²) in [4.78, 5) is 2.16. The van der Waals surface area contributed by atoms with Crippen LogP contribution in [0.2, 0.25) is 0 Å². The number of nitrogens with zero attached hydrogens (tertiary/aromatic N) is 1. The van der Waals surface area contributed by atoms with Gasteiger partial charge in [0.1, 0.15) is 0 Å². The Morgan fingerprint density at radius 3 is 2.67 bits per heavy atom. The lowest BCUT2D eigenvalue weighted by molar-refractivity contribution is 0.163. The van der Waals surface area contributed by atoms with Crippen molar-refractivity contribution in [2.24, 2.45) is 0 Å². The Balaban J connectivity index is 1.94. The van der Waals surface area contributed by atoms with Gasteiger partial charge in [0.05, 0.1) is 13.2 Å². The van der Waals surface area contributed by atoms with E-state index >= 15 is 0 Å². The molecule has 1 N–H and O–H groups in total. The van der Waals surface area contributed by atoms with E-state index in [0.717, 1.165) is 26.2 Å². The van der Waals surface area contributed by atoms with Crippen LogP contribution in [0, 0.1) is 0 Å². The van der Waals surface area contributed by atoms with Crippen LogP contribution in [0.3, 0.4) is 0 Å². The number of likely N-dealkylation sites (N-methyl/N-ethyl adjacent to an activating group) is 1. The van der Waals surface area contributed by atoms with Gasteiger partial charge in [0.2, 0.25) is 0 Å². The van der Waals surface area contributed by atoms with Crippen molar-refractivity contribution in [3.8, 4) is 0 Å². The molecular formula is C15H24N2O. The van der Waals surface area contributed by atoms with Gasteiger partial charge in [-0.05, 0) is 19.7 Å². The van der Waals surface area contributed by atoms with E-state index in [1.165, 1.54) is 5.56 Å². The predicted molar refractivity (Wildman–Crippen MR) is 77.7 cm³/mol. The summed E-state index contributed by atoms with van der Waals surface area (Å²) in [6.07, 6.45) is 4.13. The SMILES string of the molecule is CN(C)CCNCCOCC=Cc1ccccc1. The van der Waals surface area contributed by atoms with Crippen molar-refractivity contribution in [3.63, 3.8) is 0 Å². The molecule has 0 saturated carbocycles. The molecule has 3 nitrogen and oxygen atoms in total. The third-order valence-corrected chi connectivity index (χ3v) is 2.48. The van der Waals surface area contributed by atoms with Gasteiger partial charge in [-0.25, -0.2) is 0 Å². The molecule has 0 radical (unpaired) electrons. The maximum Gasteiger partial charge on any atom is 0.0651 e. The van der Waals surface area contributed by atoms with Crippen LogP contribution in [-0.2, 0) is 4.74 Å². The van der Waals surface area contributed by atoms with Gasteiger partial charge in [-0.15, -0.1) is 0 Å². The van der Waals surface area contributed by atoms with Gasteiger partial charge >= 0.3 is 0 Å². The van der Waals surface area contributed by atoms with Crippen LogP contribution in [0.25, 0.3) is 6.08 Å². The van der Waals surface area contributed by atoms with Gasteiger partial charge < -0.3 is 15.0 Å². The summed E-state index contributed by atoms with van der Waals surface area (Å²) in [5.41, 5.74) is 1.21. The van der Waals surface area contributed by atoms with Crippen LogP contribution in [0.15, 0.2) is 36.4 Å². The van der Waals surface area contributed by atoms with E-state index in [-0.39, 0.29) is 0 Å². The predicted octanol–water partition coefficient (Wildman–Crippen LogP) is 1.87. The lowest BCUT2D eigenvalue weighted by Gasteiger charge is -2.09. The summed E-state index contributed by atoms with van der Waals surface area (Å²) in [5.74, 6) is 0. The summed E-state index contributed by atoms with van der Waals surface area (Å²) < 4.78 is 5.50. The molecule has 0 fully saturated rings. The molecule has 100 valence electrons. The van der Waals surface area contributed by atoms with Crippen LogP contribution in [0.4, 0.5) is 0 Å². The van der Waals surface area contributed by atoms with Crippen molar-refractivity contribution in [2.45, 2.75) is 0 Å². The first-order chi connectivity index (χ1) is 8.79. The first-order valence-corrected chi connectivity index (χ1v) is 6.44. The molecule has 1 aromatic carbocycles. The van der Waals surface area contributed by atoms with Gasteiger partial charge in [-0.2, -0.15) is 0 Å². The molecule has 0 amide bonds. The average molecular weight is 248 g/mol. The monoisotopic (exact) mass is 248 g/mol. The highest BCUT2D eigenvalue weighted by molar-refractivity contribution is 5.48. The molecule has 1 rings (SSSR count). The Bertz CT molecular complexity index is 323. The highest BCUT2D eigenvalue weighted by Crippen LogP contribution is 2.00. The molecule has 3 heteroatoms. The number of nitrogens with one attached hydrogen (secondary N) is 1. The van der Waals surface area contributed by atoms with E-state index in [1.807, 2.05) is 18.2 Å². The lowest BCUT2D eigenvalue weighted by Crippen LogP contribution is -2.28. The average Bonchev–Trinajstić information content (AvgIpc) is 2.37. The summed E-state index contributed by atoms with van der Waals surface area (Å²) in [5, 5.41) is 3.33. The number of hydrogen-bond acceptors (Lipinski definition) is 3. The number of hydrogen-bond donors (Lipinski definition) is 1. The highest BCUT2D eigenvalue weighted by atomic mass is 16.5. The van der Waals surface area contributed by atoms with Gasteiger partial charge in [-0.1, -0.05) is 42.5 Å². The number of benzene rings is 1. The van der Waals surface area contributed by atoms with Crippen molar-refractivity contribution >= 4 is 6.08 Å². The minimum absolute atomic E-state index is 0.671. The van der Waals surface area contributed by atoms with E-state index in [0.29, 0.717) is 6.61 Å². The first kappa shape index (κ1) is 14.9. The van der Waals surface area contributed by atoms with Crippen molar-refractivity contribution in [2.75, 3.05) is 46.9 Å². The van der Waals surface area contributed by atoms with Crippen LogP contribution in [0.1, 0.15) is 5.56 Å². The Hall–Kier alpha value is -1.16. The minimum Gasteiger partial charge on any atom is -0.376 e. The molecule has 0 heterocycles. The molecule has 0 aliphatic heterocycles. The Morgan fingerprint density at radius 2 is 1.94 bits per heavy atom. The second-order valence-corrected chi connectivity index (χ2v) is 4.44. The Labute approximate surface area is 110 Å². The molecule has 18 heavy (non-hydrogen) atoms. The topological polar surface area (TPSA) is 24.5 Å². The summed E-state index contributed by atoms with van der Waals surface area (Å²) in [6.45, 7) is 4.41. The molecule has 0 saturated heterocycles. The molecule has 1 aromatic rings. The fourth-order valence-electron chi connectivity index (χ4n) is 1.47. The fourth-order valence-corrected chi connectivity index (χ4v) is 1.47. The molecule has 0 aromatic heterocycles. The van der Waals surface area contributed by atoms with Crippen LogP contribution in [-0.4, -0.2) is 51.8 Å². The molecular weight excluding hydrogens is 224 g/mol. The summed E-state index contributed by atoms with van der Waals surface area (Å²) in [7, 11) is 4.15. The summed E-state index contributed by atoms with van der Waals surface area (Å²) in [6, 6.07) is 10.3. The second kappa shape index (κ2) is 9.83. The zero-order valence-electron chi connectivity index (χ0n) is 11.4. The van der Waals surface area contributed by atoms with E-state index in [9.17, 15) is 0 Å². The van der Waals surface area contributed by atoms with Gasteiger partial charge in [0, 0.05) is 19.6 Å². The molecule has 0 aliphatic carbocycles. The van der Waals surface area contributed by atoms with Gasteiger partial charge in [-0.3, -0.25) is 0 Å². The van der Waals surface area contributed by atoms with Gasteiger partial charge in [0.25, 0.3) is 0 Å². The summed E-state index contributed by atoms with van der Waals surface area (Å²) >= 11 is 0. The zero-order chi connectivity index (χ0) is 13.1. The van der Waals surface area contributed by atoms with Crippen molar-refractivity contribution in [1.82, 2.24) is 10.2 Å². The lowest BCUT2D eigenvalue weighted by atomic mass is 10.2. The van der Waals surface area contributed by atoms with Crippen molar-refractivity contribution in [1.29, 1.82) is 0 Å². The molecule has 0 spiro atoms. The molecule has 0 unspecified atom stereocenters. The zero-order valence-corrected chi connectivity index (χ0v) is 11.4. The number of ether oxygens (including phenoxy) is 1. The van der Waals surface area contributed by atoms with E-state index in [4.69, 9.17) is 4.74 Å². The molecule has 0 bridgehead atoms. The van der Waals surface area contributed by atoms with Crippen LogP contribution >= 0.6 is 0 Å². The third-order valence-electron chi connectivity index (χ3n) is 2.48. The largest absolute Gasteiger partial charge is 0.376 e. The second-order valence-electron chi connectivity index (χ2n) is 4.44. The van der Waals surface area contributed by atoms with E-state index < -0.39 is 0 Å². The maximum atomic E-state index is 5.50. The quantitative estimate of drug-likeness (QED) is 0.675. The smallest absolute Gasteiger partial charge is 0.0651 e.